The van der Waals surface area contributed by atoms with Gasteiger partial charge in [0.1, 0.15) is 5.52 Å². The topological polar surface area (TPSA) is 63.8 Å². The van der Waals surface area contributed by atoms with Crippen molar-refractivity contribution in [3.05, 3.63) is 29.0 Å². The molecule has 1 aliphatic carbocycles. The van der Waals surface area contributed by atoms with Crippen LogP contribution in [0.25, 0.3) is 11.0 Å². The van der Waals surface area contributed by atoms with Crippen LogP contribution >= 0.6 is 15.9 Å². The normalized spacial score (nSPS) is 17.1. The Bertz CT molecular complexity index is 565. The molecule has 0 bridgehead atoms. The second kappa shape index (κ2) is 3.92. The summed E-state index contributed by atoms with van der Waals surface area (Å²) >= 11 is 3.40. The lowest BCUT2D eigenvalue weighted by Gasteiger charge is -2.17. The highest BCUT2D eigenvalue weighted by Crippen LogP contribution is 2.39. The summed E-state index contributed by atoms with van der Waals surface area (Å²) in [5, 5.41) is 3.50. The summed E-state index contributed by atoms with van der Waals surface area (Å²) in [6, 6.07) is 3.93. The van der Waals surface area contributed by atoms with Crippen LogP contribution in [-0.4, -0.2) is 22.1 Å². The summed E-state index contributed by atoms with van der Waals surface area (Å²) < 4.78 is 0.939. The highest BCUT2D eigenvalue weighted by atomic mass is 79.9. The smallest absolute Gasteiger partial charge is 0.112 e. The molecule has 1 fully saturated rings. The van der Waals surface area contributed by atoms with Crippen LogP contribution in [0.4, 0.5) is 5.69 Å². The summed E-state index contributed by atoms with van der Waals surface area (Å²) in [7, 11) is 0. The number of nitrogens with one attached hydrogen (secondary N) is 1. The number of halogens is 1. The summed E-state index contributed by atoms with van der Waals surface area (Å²) in [6.07, 6.45) is 5.84. The number of hydrogen-bond donors (Lipinski definition) is 2. The fourth-order valence-electron chi connectivity index (χ4n) is 1.92. The molecule has 2 heterocycles. The van der Waals surface area contributed by atoms with Crippen molar-refractivity contribution in [1.29, 1.82) is 0 Å². The summed E-state index contributed by atoms with van der Waals surface area (Å²) in [5.41, 5.74) is 8.67. The third-order valence-corrected chi connectivity index (χ3v) is 3.62. The Hall–Kier alpha value is -1.20. The zero-order valence-electron chi connectivity index (χ0n) is 9.28. The van der Waals surface area contributed by atoms with E-state index in [0.29, 0.717) is 6.54 Å². The Kier molecular flexibility index (Phi) is 2.52. The van der Waals surface area contributed by atoms with Crippen LogP contribution in [0.2, 0.25) is 0 Å². The van der Waals surface area contributed by atoms with Gasteiger partial charge in [-0.15, -0.1) is 0 Å². The lowest BCUT2D eigenvalue weighted by Crippen LogP contribution is -2.30. The van der Waals surface area contributed by atoms with Crippen LogP contribution in [0.15, 0.2) is 29.0 Å². The van der Waals surface area contributed by atoms with Crippen molar-refractivity contribution in [2.75, 3.05) is 11.9 Å². The minimum atomic E-state index is 0.0863. The van der Waals surface area contributed by atoms with E-state index in [1.165, 1.54) is 0 Å². The molecule has 5 heteroatoms. The van der Waals surface area contributed by atoms with E-state index in [-0.39, 0.29) is 5.54 Å². The number of nitrogens with zero attached hydrogens (tertiary/aromatic N) is 2. The van der Waals surface area contributed by atoms with Crippen LogP contribution < -0.4 is 11.1 Å². The van der Waals surface area contributed by atoms with Crippen molar-refractivity contribution in [1.82, 2.24) is 9.97 Å². The van der Waals surface area contributed by atoms with Gasteiger partial charge < -0.3 is 11.1 Å². The van der Waals surface area contributed by atoms with Gasteiger partial charge >= 0.3 is 0 Å². The van der Waals surface area contributed by atoms with Crippen molar-refractivity contribution in [2.24, 2.45) is 5.73 Å². The van der Waals surface area contributed by atoms with E-state index in [9.17, 15) is 0 Å². The number of hydrogen-bond acceptors (Lipinski definition) is 4. The molecule has 4 nitrogen and oxygen atoms in total. The van der Waals surface area contributed by atoms with E-state index in [4.69, 9.17) is 5.73 Å². The van der Waals surface area contributed by atoms with Crippen LogP contribution in [0, 0.1) is 0 Å². The van der Waals surface area contributed by atoms with Crippen molar-refractivity contribution in [2.45, 2.75) is 18.4 Å². The average molecular weight is 293 g/mol. The van der Waals surface area contributed by atoms with Gasteiger partial charge in [0.05, 0.1) is 11.2 Å². The molecular weight excluding hydrogens is 280 g/mol. The average Bonchev–Trinajstić information content (AvgIpc) is 3.09. The molecule has 17 heavy (non-hydrogen) atoms. The first-order chi connectivity index (χ1) is 8.22. The van der Waals surface area contributed by atoms with E-state index in [0.717, 1.165) is 34.0 Å². The van der Waals surface area contributed by atoms with Crippen LogP contribution in [0.3, 0.4) is 0 Å². The maximum atomic E-state index is 5.78. The van der Waals surface area contributed by atoms with Crippen molar-refractivity contribution >= 4 is 32.7 Å². The molecule has 3 rings (SSSR count). The van der Waals surface area contributed by atoms with E-state index < -0.39 is 0 Å². The molecule has 3 N–H and O–H groups in total. The zero-order valence-corrected chi connectivity index (χ0v) is 10.9. The van der Waals surface area contributed by atoms with Gasteiger partial charge in [0.15, 0.2) is 0 Å². The number of nitrogens with two attached hydrogens (primary N) is 1. The standard InChI is InChI=1S/C12H13BrN4/c13-8-5-10-11(16-6-8)9(1-4-15-10)17-12(7-14)2-3-12/h1,4-6H,2-3,7,14H2,(H,15,17). The minimum absolute atomic E-state index is 0.0863. The first-order valence-corrected chi connectivity index (χ1v) is 6.40. The van der Waals surface area contributed by atoms with Crippen molar-refractivity contribution < 1.29 is 0 Å². The molecule has 0 spiro atoms. The van der Waals surface area contributed by atoms with E-state index in [1.807, 2.05) is 12.1 Å². The molecule has 0 atom stereocenters. The second-order valence-corrected chi connectivity index (χ2v) is 5.40. The molecule has 1 saturated carbocycles. The second-order valence-electron chi connectivity index (χ2n) is 4.49. The molecule has 0 aromatic carbocycles. The van der Waals surface area contributed by atoms with Gasteiger partial charge in [-0.3, -0.25) is 9.97 Å². The fraction of sp³-hybridized carbons (Fsp3) is 0.333. The van der Waals surface area contributed by atoms with Gasteiger partial charge in [0.2, 0.25) is 0 Å². The molecule has 0 saturated heterocycles. The van der Waals surface area contributed by atoms with Gasteiger partial charge in [-0.05, 0) is 40.9 Å². The first-order valence-electron chi connectivity index (χ1n) is 5.61. The lowest BCUT2D eigenvalue weighted by atomic mass is 10.2. The fourth-order valence-corrected chi connectivity index (χ4v) is 2.24. The largest absolute Gasteiger partial charge is 0.376 e. The SMILES string of the molecule is NCC1(Nc2ccnc3cc(Br)cnc23)CC1. The summed E-state index contributed by atoms with van der Waals surface area (Å²) in [6.45, 7) is 0.660. The van der Waals surface area contributed by atoms with Gasteiger partial charge in [-0.2, -0.15) is 0 Å². The number of aromatic nitrogens is 2. The van der Waals surface area contributed by atoms with Gasteiger partial charge in [0, 0.05) is 29.0 Å². The van der Waals surface area contributed by atoms with Gasteiger partial charge in [0.25, 0.3) is 0 Å². The molecule has 0 radical (unpaired) electrons. The Morgan fingerprint density at radius 1 is 1.41 bits per heavy atom. The lowest BCUT2D eigenvalue weighted by molar-refractivity contribution is 0.743. The predicted octanol–water partition coefficient (Wildman–Crippen LogP) is 2.30. The van der Waals surface area contributed by atoms with Gasteiger partial charge in [-0.25, -0.2) is 0 Å². The maximum absolute atomic E-state index is 5.78. The highest BCUT2D eigenvalue weighted by Gasteiger charge is 2.41. The molecule has 0 amide bonds. The Morgan fingerprint density at radius 2 is 2.24 bits per heavy atom. The monoisotopic (exact) mass is 292 g/mol. The van der Waals surface area contributed by atoms with Crippen molar-refractivity contribution in [3.8, 4) is 0 Å². The summed E-state index contributed by atoms with van der Waals surface area (Å²) in [5.74, 6) is 0. The van der Waals surface area contributed by atoms with Crippen molar-refractivity contribution in [3.63, 3.8) is 0 Å². The molecule has 1 aliphatic rings. The number of anilines is 1. The predicted molar refractivity (Wildman–Crippen MR) is 71.9 cm³/mol. The maximum Gasteiger partial charge on any atom is 0.112 e. The quantitative estimate of drug-likeness (QED) is 0.911. The molecule has 0 aliphatic heterocycles. The van der Waals surface area contributed by atoms with E-state index in [2.05, 4.69) is 31.2 Å². The number of fused-ring (bicyclic) bond motifs is 1. The molecular formula is C12H13BrN4. The Morgan fingerprint density at radius 3 is 2.94 bits per heavy atom. The minimum Gasteiger partial charge on any atom is -0.376 e. The third kappa shape index (κ3) is 2.00. The molecule has 88 valence electrons. The van der Waals surface area contributed by atoms with E-state index >= 15 is 0 Å². The van der Waals surface area contributed by atoms with Crippen LogP contribution in [0.5, 0.6) is 0 Å². The van der Waals surface area contributed by atoms with Crippen LogP contribution in [-0.2, 0) is 0 Å². The first kappa shape index (κ1) is 10.9. The van der Waals surface area contributed by atoms with Crippen LogP contribution in [0.1, 0.15) is 12.8 Å². The molecule has 0 unspecified atom stereocenters. The molecule has 2 aromatic heterocycles. The Balaban J connectivity index is 2.04. The van der Waals surface area contributed by atoms with Gasteiger partial charge in [-0.1, -0.05) is 0 Å². The van der Waals surface area contributed by atoms with E-state index in [1.54, 1.807) is 12.4 Å². The highest BCUT2D eigenvalue weighted by molar-refractivity contribution is 9.10. The number of rotatable bonds is 3. The zero-order chi connectivity index (χ0) is 11.9. The Labute approximate surface area is 108 Å². The third-order valence-electron chi connectivity index (χ3n) is 3.19. The molecule has 2 aromatic rings. The summed E-state index contributed by atoms with van der Waals surface area (Å²) in [4.78, 5) is 8.73. The number of pyridine rings is 2.